The summed E-state index contributed by atoms with van der Waals surface area (Å²) in [7, 11) is 1.63. The summed E-state index contributed by atoms with van der Waals surface area (Å²) in [4.78, 5) is 11.1. The van der Waals surface area contributed by atoms with Gasteiger partial charge in [0.05, 0.1) is 7.11 Å². The molecule has 0 bridgehead atoms. The first-order valence-electron chi connectivity index (χ1n) is 7.59. The molecule has 3 aromatic rings. The lowest BCUT2D eigenvalue weighted by Gasteiger charge is -2.06. The van der Waals surface area contributed by atoms with E-state index in [1.54, 1.807) is 7.11 Å². The maximum atomic E-state index is 11.1. The minimum Gasteiger partial charge on any atom is -0.550 e. The predicted octanol–water partition coefficient (Wildman–Crippen LogP) is 3.28. The second-order valence-electron chi connectivity index (χ2n) is 5.54. The van der Waals surface area contributed by atoms with E-state index >= 15 is 0 Å². The van der Waals surface area contributed by atoms with Gasteiger partial charge in [-0.1, -0.05) is 28.1 Å². The number of halogens is 1. The molecule has 4 nitrogen and oxygen atoms in total. The average Bonchev–Trinajstić information content (AvgIpc) is 2.90. The van der Waals surface area contributed by atoms with Crippen molar-refractivity contribution in [1.82, 2.24) is 0 Å². The van der Waals surface area contributed by atoms with Gasteiger partial charge >= 0.3 is 0 Å². The molecule has 0 aliphatic rings. The lowest BCUT2D eigenvalue weighted by Crippen LogP contribution is -2.24. The lowest BCUT2D eigenvalue weighted by atomic mass is 10.0. The molecule has 0 fully saturated rings. The molecule has 3 rings (SSSR count). The standard InChI is InChI=1S/C19H17BrO4/c1-23-14-6-2-12(3-7-14)4-8-17-16(11-19(21)22)15-10-13(20)5-9-18(15)24-17/h2-3,5-7,9-10H,4,8,11H2,1H3,(H,21,22)/p-1. The molecule has 1 heterocycles. The summed E-state index contributed by atoms with van der Waals surface area (Å²) in [6, 6.07) is 13.4. The molecule has 0 radical (unpaired) electrons. The molecule has 0 unspecified atom stereocenters. The van der Waals surface area contributed by atoms with Crippen molar-refractivity contribution in [2.45, 2.75) is 19.3 Å². The quantitative estimate of drug-likeness (QED) is 0.650. The number of furan rings is 1. The fraction of sp³-hybridized carbons (Fsp3) is 0.211. The second kappa shape index (κ2) is 7.09. The zero-order valence-electron chi connectivity index (χ0n) is 13.2. The predicted molar refractivity (Wildman–Crippen MR) is 93.0 cm³/mol. The molecule has 0 N–H and O–H groups in total. The van der Waals surface area contributed by atoms with Gasteiger partial charge in [-0.2, -0.15) is 0 Å². The average molecular weight is 388 g/mol. The van der Waals surface area contributed by atoms with Crippen LogP contribution >= 0.6 is 15.9 Å². The minimum absolute atomic E-state index is 0.151. The van der Waals surface area contributed by atoms with Crippen molar-refractivity contribution in [3.05, 3.63) is 63.8 Å². The maximum absolute atomic E-state index is 11.1. The summed E-state index contributed by atoms with van der Waals surface area (Å²) in [5.41, 5.74) is 2.52. The first-order chi connectivity index (χ1) is 11.6. The largest absolute Gasteiger partial charge is 0.550 e. The number of carboxylic acids is 1. The molecule has 0 aliphatic carbocycles. The summed E-state index contributed by atoms with van der Waals surface area (Å²) in [5, 5.41) is 11.9. The van der Waals surface area contributed by atoms with Crippen molar-refractivity contribution in [3.8, 4) is 5.75 Å². The highest BCUT2D eigenvalue weighted by atomic mass is 79.9. The number of fused-ring (bicyclic) bond motifs is 1. The monoisotopic (exact) mass is 387 g/mol. The number of carbonyl (C=O) groups is 1. The third kappa shape index (κ3) is 3.62. The molecule has 24 heavy (non-hydrogen) atoms. The van der Waals surface area contributed by atoms with E-state index < -0.39 is 5.97 Å². The number of benzene rings is 2. The van der Waals surface area contributed by atoms with Crippen molar-refractivity contribution >= 4 is 32.9 Å². The van der Waals surface area contributed by atoms with E-state index in [-0.39, 0.29) is 6.42 Å². The molecule has 124 valence electrons. The van der Waals surface area contributed by atoms with Crippen LogP contribution in [0.4, 0.5) is 0 Å². The highest BCUT2D eigenvalue weighted by molar-refractivity contribution is 9.10. The zero-order valence-corrected chi connectivity index (χ0v) is 14.8. The van der Waals surface area contributed by atoms with Gasteiger partial charge in [0.15, 0.2) is 0 Å². The molecular formula is C19H16BrO4-. The number of aliphatic carboxylic acids is 1. The normalized spacial score (nSPS) is 10.9. The van der Waals surface area contributed by atoms with Crippen molar-refractivity contribution in [3.63, 3.8) is 0 Å². The molecule has 0 saturated carbocycles. The smallest absolute Gasteiger partial charge is 0.134 e. The van der Waals surface area contributed by atoms with Crippen molar-refractivity contribution in [1.29, 1.82) is 0 Å². The number of hydrogen-bond donors (Lipinski definition) is 0. The number of carbonyl (C=O) groups excluding carboxylic acids is 1. The molecule has 2 aromatic carbocycles. The van der Waals surface area contributed by atoms with E-state index in [0.29, 0.717) is 23.3 Å². The fourth-order valence-electron chi connectivity index (χ4n) is 2.76. The van der Waals surface area contributed by atoms with Gasteiger partial charge in [-0.25, -0.2) is 0 Å². The minimum atomic E-state index is -1.11. The molecule has 0 saturated heterocycles. The Kier molecular flexibility index (Phi) is 4.90. The van der Waals surface area contributed by atoms with Crippen LogP contribution in [0.15, 0.2) is 51.4 Å². The van der Waals surface area contributed by atoms with E-state index in [9.17, 15) is 9.90 Å². The molecule has 0 amide bonds. The number of methoxy groups -OCH3 is 1. The topological polar surface area (TPSA) is 62.5 Å². The summed E-state index contributed by atoms with van der Waals surface area (Å²) in [5.74, 6) is 0.400. The Balaban J connectivity index is 1.88. The Morgan fingerprint density at radius 1 is 1.17 bits per heavy atom. The molecule has 5 heteroatoms. The van der Waals surface area contributed by atoms with Crippen LogP contribution in [0, 0.1) is 0 Å². The van der Waals surface area contributed by atoms with Crippen molar-refractivity contribution in [2.24, 2.45) is 0 Å². The van der Waals surface area contributed by atoms with Crippen LogP contribution in [0.1, 0.15) is 16.9 Å². The maximum Gasteiger partial charge on any atom is 0.134 e. The van der Waals surface area contributed by atoms with Crippen LogP contribution in [0.3, 0.4) is 0 Å². The van der Waals surface area contributed by atoms with Gasteiger partial charge in [-0.15, -0.1) is 0 Å². The number of carboxylic acid groups (broad SMARTS) is 1. The van der Waals surface area contributed by atoms with Gasteiger partial charge < -0.3 is 19.1 Å². The van der Waals surface area contributed by atoms with E-state index in [1.807, 2.05) is 42.5 Å². The van der Waals surface area contributed by atoms with Gasteiger partial charge in [0, 0.05) is 34.2 Å². The highest BCUT2D eigenvalue weighted by Crippen LogP contribution is 2.30. The molecular weight excluding hydrogens is 372 g/mol. The van der Waals surface area contributed by atoms with Crippen LogP contribution < -0.4 is 9.84 Å². The van der Waals surface area contributed by atoms with Crippen molar-refractivity contribution in [2.75, 3.05) is 7.11 Å². The number of rotatable bonds is 6. The van der Waals surface area contributed by atoms with Crippen LogP contribution in [0.25, 0.3) is 11.0 Å². The van der Waals surface area contributed by atoms with Gasteiger partial charge in [0.1, 0.15) is 17.1 Å². The van der Waals surface area contributed by atoms with Gasteiger partial charge in [0.2, 0.25) is 0 Å². The van der Waals surface area contributed by atoms with E-state index in [1.165, 1.54) is 0 Å². The summed E-state index contributed by atoms with van der Waals surface area (Å²) in [6.07, 6.45) is 1.23. The van der Waals surface area contributed by atoms with Gasteiger partial charge in [-0.05, 0) is 42.3 Å². The number of ether oxygens (including phenoxy) is 1. The molecule has 0 atom stereocenters. The first kappa shape index (κ1) is 16.6. The summed E-state index contributed by atoms with van der Waals surface area (Å²) >= 11 is 3.41. The molecule has 0 aliphatic heterocycles. The van der Waals surface area contributed by atoms with E-state index in [0.717, 1.165) is 27.6 Å². The zero-order chi connectivity index (χ0) is 17.1. The van der Waals surface area contributed by atoms with Gasteiger partial charge in [-0.3, -0.25) is 0 Å². The number of aryl methyl sites for hydroxylation is 2. The Labute approximate surface area is 148 Å². The van der Waals surface area contributed by atoms with Crippen LogP contribution in [0.2, 0.25) is 0 Å². The number of hydrogen-bond acceptors (Lipinski definition) is 4. The van der Waals surface area contributed by atoms with Crippen LogP contribution in [0.5, 0.6) is 5.75 Å². The molecule has 0 spiro atoms. The summed E-state index contributed by atoms with van der Waals surface area (Å²) in [6.45, 7) is 0. The lowest BCUT2D eigenvalue weighted by molar-refractivity contribution is -0.304. The van der Waals surface area contributed by atoms with E-state index in [4.69, 9.17) is 9.15 Å². The Morgan fingerprint density at radius 2 is 1.92 bits per heavy atom. The Morgan fingerprint density at radius 3 is 2.58 bits per heavy atom. The van der Waals surface area contributed by atoms with Crippen LogP contribution in [-0.2, 0) is 24.1 Å². The van der Waals surface area contributed by atoms with E-state index in [2.05, 4.69) is 15.9 Å². The third-order valence-corrected chi connectivity index (χ3v) is 4.45. The molecule has 1 aromatic heterocycles. The fourth-order valence-corrected chi connectivity index (χ4v) is 3.12. The SMILES string of the molecule is COc1ccc(CCc2oc3ccc(Br)cc3c2CC(=O)[O-])cc1. The first-order valence-corrected chi connectivity index (χ1v) is 8.38. The Bertz CT molecular complexity index is 865. The third-order valence-electron chi connectivity index (χ3n) is 3.96. The highest BCUT2D eigenvalue weighted by Gasteiger charge is 2.15. The van der Waals surface area contributed by atoms with Gasteiger partial charge in [0.25, 0.3) is 0 Å². The van der Waals surface area contributed by atoms with Crippen LogP contribution in [-0.4, -0.2) is 13.1 Å². The second-order valence-corrected chi connectivity index (χ2v) is 6.46. The summed E-state index contributed by atoms with van der Waals surface area (Å²) < 4.78 is 11.9. The Hall–Kier alpha value is -2.27. The van der Waals surface area contributed by atoms with Crippen molar-refractivity contribution < 1.29 is 19.1 Å².